The van der Waals surface area contributed by atoms with E-state index in [1.54, 1.807) is 0 Å². The first-order chi connectivity index (χ1) is 9.56. The molecule has 0 aromatic heterocycles. The molecule has 1 saturated carbocycles. The summed E-state index contributed by atoms with van der Waals surface area (Å²) < 4.78 is 0. The van der Waals surface area contributed by atoms with Crippen LogP contribution in [0.3, 0.4) is 0 Å². The van der Waals surface area contributed by atoms with Crippen LogP contribution in [0, 0.1) is 0 Å². The lowest BCUT2D eigenvalue weighted by Gasteiger charge is -2.04. The Morgan fingerprint density at radius 2 is 1.85 bits per heavy atom. The highest BCUT2D eigenvalue weighted by atomic mass is 16.2. The van der Waals surface area contributed by atoms with Gasteiger partial charge < -0.3 is 5.32 Å². The van der Waals surface area contributed by atoms with Crippen LogP contribution in [0.4, 0.5) is 0 Å². The largest absolute Gasteiger partial charge is 0.345 e. The van der Waals surface area contributed by atoms with E-state index < -0.39 is 11.8 Å². The molecule has 1 aromatic rings. The fourth-order valence-corrected chi connectivity index (χ4v) is 1.66. The first-order valence-electron chi connectivity index (χ1n) is 6.80. The minimum Gasteiger partial charge on any atom is -0.345 e. The lowest BCUT2D eigenvalue weighted by Crippen LogP contribution is -2.38. The number of amides is 2. The number of hydrogen-bond donors (Lipinski definition) is 2. The van der Waals surface area contributed by atoms with Crippen molar-refractivity contribution in [2.75, 3.05) is 0 Å². The van der Waals surface area contributed by atoms with Crippen molar-refractivity contribution in [2.45, 2.75) is 38.6 Å². The maximum Gasteiger partial charge on any atom is 0.329 e. The molecule has 0 atom stereocenters. The standard InChI is InChI=1S/C15H19N3O2/c1-10(2)12-5-3-11(4-6-12)9-16-18-15(20)14(19)17-13-7-8-13/h3-6,9-10,13H,7-8H2,1-2H3,(H,17,19)(H,18,20)/b16-9+. The van der Waals surface area contributed by atoms with E-state index in [1.165, 1.54) is 11.8 Å². The highest BCUT2D eigenvalue weighted by Gasteiger charge is 2.26. The monoisotopic (exact) mass is 273 g/mol. The summed E-state index contributed by atoms with van der Waals surface area (Å²) >= 11 is 0. The average molecular weight is 273 g/mol. The molecule has 2 rings (SSSR count). The predicted octanol–water partition coefficient (Wildman–Crippen LogP) is 1.54. The minimum absolute atomic E-state index is 0.167. The topological polar surface area (TPSA) is 70.6 Å². The molecule has 20 heavy (non-hydrogen) atoms. The van der Waals surface area contributed by atoms with E-state index in [2.05, 4.69) is 29.7 Å². The van der Waals surface area contributed by atoms with Crippen LogP contribution in [-0.2, 0) is 9.59 Å². The molecule has 0 radical (unpaired) electrons. The molecule has 0 saturated heterocycles. The van der Waals surface area contributed by atoms with Gasteiger partial charge in [-0.05, 0) is 29.9 Å². The molecular formula is C15H19N3O2. The molecule has 0 spiro atoms. The Kier molecular flexibility index (Phi) is 4.50. The highest BCUT2D eigenvalue weighted by Crippen LogP contribution is 2.18. The number of hydrazone groups is 1. The quantitative estimate of drug-likeness (QED) is 0.496. The van der Waals surface area contributed by atoms with E-state index in [1.807, 2.05) is 24.3 Å². The molecule has 5 nitrogen and oxygen atoms in total. The van der Waals surface area contributed by atoms with Gasteiger partial charge >= 0.3 is 11.8 Å². The van der Waals surface area contributed by atoms with Gasteiger partial charge in [-0.3, -0.25) is 9.59 Å². The van der Waals surface area contributed by atoms with Crippen molar-refractivity contribution in [3.8, 4) is 0 Å². The Bertz CT molecular complexity index is 516. The summed E-state index contributed by atoms with van der Waals surface area (Å²) in [6, 6.07) is 8.06. The smallest absolute Gasteiger partial charge is 0.329 e. The molecule has 2 N–H and O–H groups in total. The lowest BCUT2D eigenvalue weighted by molar-refractivity contribution is -0.139. The van der Waals surface area contributed by atoms with Gasteiger partial charge in [-0.25, -0.2) is 5.43 Å². The van der Waals surface area contributed by atoms with Gasteiger partial charge in [-0.15, -0.1) is 0 Å². The molecule has 2 amide bonds. The number of benzene rings is 1. The Hall–Kier alpha value is -2.17. The number of rotatable bonds is 4. The Morgan fingerprint density at radius 1 is 1.20 bits per heavy atom. The predicted molar refractivity (Wildman–Crippen MR) is 77.4 cm³/mol. The summed E-state index contributed by atoms with van der Waals surface area (Å²) in [6.45, 7) is 4.25. The van der Waals surface area contributed by atoms with E-state index in [9.17, 15) is 9.59 Å². The second-order valence-corrected chi connectivity index (χ2v) is 5.27. The molecule has 0 heterocycles. The number of carbonyl (C=O) groups is 2. The number of carbonyl (C=O) groups excluding carboxylic acids is 2. The molecule has 0 aliphatic heterocycles. The minimum atomic E-state index is -0.730. The van der Waals surface area contributed by atoms with Gasteiger partial charge in [-0.1, -0.05) is 38.1 Å². The zero-order valence-electron chi connectivity index (χ0n) is 11.7. The van der Waals surface area contributed by atoms with Crippen LogP contribution in [0.2, 0.25) is 0 Å². The summed E-state index contributed by atoms with van der Waals surface area (Å²) in [5, 5.41) is 6.38. The average Bonchev–Trinajstić information content (AvgIpc) is 3.23. The van der Waals surface area contributed by atoms with Crippen LogP contribution in [0.1, 0.15) is 43.7 Å². The van der Waals surface area contributed by atoms with Crippen LogP contribution in [-0.4, -0.2) is 24.1 Å². The van der Waals surface area contributed by atoms with Gasteiger partial charge in [0.2, 0.25) is 0 Å². The van der Waals surface area contributed by atoms with Crippen LogP contribution in [0.15, 0.2) is 29.4 Å². The zero-order chi connectivity index (χ0) is 14.5. The molecule has 0 bridgehead atoms. The molecule has 5 heteroatoms. The lowest BCUT2D eigenvalue weighted by atomic mass is 10.0. The van der Waals surface area contributed by atoms with Crippen molar-refractivity contribution in [1.29, 1.82) is 0 Å². The normalized spacial score (nSPS) is 14.6. The highest BCUT2D eigenvalue weighted by molar-refractivity contribution is 6.35. The third-order valence-electron chi connectivity index (χ3n) is 3.10. The zero-order valence-corrected chi connectivity index (χ0v) is 11.7. The van der Waals surface area contributed by atoms with E-state index in [-0.39, 0.29) is 6.04 Å². The number of nitrogens with zero attached hydrogens (tertiary/aromatic N) is 1. The third-order valence-corrected chi connectivity index (χ3v) is 3.10. The van der Waals surface area contributed by atoms with Gasteiger partial charge in [0.05, 0.1) is 6.21 Å². The second kappa shape index (κ2) is 6.32. The summed E-state index contributed by atoms with van der Waals surface area (Å²) in [5.41, 5.74) is 4.34. The van der Waals surface area contributed by atoms with Gasteiger partial charge in [0.15, 0.2) is 0 Å². The van der Waals surface area contributed by atoms with Crippen molar-refractivity contribution in [3.63, 3.8) is 0 Å². The summed E-state index contributed by atoms with van der Waals surface area (Å²) in [4.78, 5) is 22.8. The first kappa shape index (κ1) is 14.2. The van der Waals surface area contributed by atoms with Crippen LogP contribution < -0.4 is 10.7 Å². The van der Waals surface area contributed by atoms with Gasteiger partial charge in [0, 0.05) is 6.04 Å². The molecule has 1 aromatic carbocycles. The maximum absolute atomic E-state index is 11.4. The van der Waals surface area contributed by atoms with Crippen molar-refractivity contribution in [1.82, 2.24) is 10.7 Å². The number of nitrogens with one attached hydrogen (secondary N) is 2. The third kappa shape index (κ3) is 4.19. The number of hydrogen-bond acceptors (Lipinski definition) is 3. The summed E-state index contributed by atoms with van der Waals surface area (Å²) in [5.74, 6) is -0.876. The fraction of sp³-hybridized carbons (Fsp3) is 0.400. The summed E-state index contributed by atoms with van der Waals surface area (Å²) in [6.07, 6.45) is 3.42. The molecular weight excluding hydrogens is 254 g/mol. The van der Waals surface area contributed by atoms with Crippen molar-refractivity contribution < 1.29 is 9.59 Å². The molecule has 1 aliphatic rings. The van der Waals surface area contributed by atoms with Gasteiger partial charge in [0.1, 0.15) is 0 Å². The summed E-state index contributed by atoms with van der Waals surface area (Å²) in [7, 11) is 0. The van der Waals surface area contributed by atoms with Gasteiger partial charge in [-0.2, -0.15) is 5.10 Å². The van der Waals surface area contributed by atoms with Crippen LogP contribution in [0.5, 0.6) is 0 Å². The van der Waals surface area contributed by atoms with Crippen molar-refractivity contribution >= 4 is 18.0 Å². The SMILES string of the molecule is CC(C)c1ccc(/C=N/NC(=O)C(=O)NC2CC2)cc1. The molecule has 106 valence electrons. The maximum atomic E-state index is 11.4. The first-order valence-corrected chi connectivity index (χ1v) is 6.80. The Labute approximate surface area is 118 Å². The van der Waals surface area contributed by atoms with Crippen LogP contribution >= 0.6 is 0 Å². The Balaban J connectivity index is 1.82. The second-order valence-electron chi connectivity index (χ2n) is 5.27. The van der Waals surface area contributed by atoms with Crippen molar-refractivity contribution in [3.05, 3.63) is 35.4 Å². The van der Waals surface area contributed by atoms with E-state index >= 15 is 0 Å². The van der Waals surface area contributed by atoms with Crippen molar-refractivity contribution in [2.24, 2.45) is 5.10 Å². The van der Waals surface area contributed by atoms with Gasteiger partial charge in [0.25, 0.3) is 0 Å². The van der Waals surface area contributed by atoms with E-state index in [0.717, 1.165) is 18.4 Å². The fourth-order valence-electron chi connectivity index (χ4n) is 1.66. The van der Waals surface area contributed by atoms with Crippen LogP contribution in [0.25, 0.3) is 0 Å². The Morgan fingerprint density at radius 3 is 2.40 bits per heavy atom. The molecule has 1 aliphatic carbocycles. The van der Waals surface area contributed by atoms with E-state index in [4.69, 9.17) is 0 Å². The molecule has 0 unspecified atom stereocenters. The van der Waals surface area contributed by atoms with E-state index in [0.29, 0.717) is 5.92 Å². The molecule has 1 fully saturated rings.